The smallest absolute Gasteiger partial charge is 0.324 e. The zero-order valence-electron chi connectivity index (χ0n) is 21.3. The van der Waals surface area contributed by atoms with Crippen molar-refractivity contribution in [3.63, 3.8) is 0 Å². The molecule has 1 aromatic heterocycles. The minimum absolute atomic E-state index is 0.0277. The first-order valence-electron chi connectivity index (χ1n) is 13.1. The van der Waals surface area contributed by atoms with Crippen LogP contribution < -0.4 is 15.0 Å². The molecule has 1 N–H and O–H groups in total. The van der Waals surface area contributed by atoms with Gasteiger partial charge in [-0.2, -0.15) is 4.98 Å². The van der Waals surface area contributed by atoms with Gasteiger partial charge in [0.05, 0.1) is 18.6 Å². The number of nitrogens with one attached hydrogen (secondary N) is 1. The summed E-state index contributed by atoms with van der Waals surface area (Å²) in [4.78, 5) is 23.6. The zero-order chi connectivity index (χ0) is 25.8. The molecular formula is C25H36N6O5S. The van der Waals surface area contributed by atoms with Crippen molar-refractivity contribution in [3.05, 3.63) is 24.3 Å². The molecule has 3 aliphatic rings. The Kier molecular flexibility index (Phi) is 7.84. The first kappa shape index (κ1) is 25.8. The highest BCUT2D eigenvalue weighted by atomic mass is 32.2. The predicted octanol–water partition coefficient (Wildman–Crippen LogP) is 1.72. The summed E-state index contributed by atoms with van der Waals surface area (Å²) in [6.07, 6.45) is 2.62. The number of carbonyl (C=O) groups excluding carboxylic acids is 1. The number of nitrogens with zero attached hydrogens (tertiary/aromatic N) is 5. The van der Waals surface area contributed by atoms with Gasteiger partial charge in [0.25, 0.3) is 0 Å². The number of piperazine rings is 1. The molecule has 1 atom stereocenters. The Morgan fingerprint density at radius 3 is 2.49 bits per heavy atom. The van der Waals surface area contributed by atoms with Gasteiger partial charge >= 0.3 is 12.0 Å². The lowest BCUT2D eigenvalue weighted by atomic mass is 10.0. The Hall–Kier alpha value is -2.86. The second-order valence-electron chi connectivity index (χ2n) is 10.3. The van der Waals surface area contributed by atoms with Crippen molar-refractivity contribution < 1.29 is 22.5 Å². The summed E-state index contributed by atoms with van der Waals surface area (Å²) in [7, 11) is -1.18. The molecule has 1 unspecified atom stereocenters. The maximum absolute atomic E-state index is 12.8. The first-order valence-corrected chi connectivity index (χ1v) is 14.9. The summed E-state index contributed by atoms with van der Waals surface area (Å²) < 4.78 is 34.0. The Morgan fingerprint density at radius 2 is 1.78 bits per heavy atom. The third-order valence-corrected chi connectivity index (χ3v) is 9.42. The topological polar surface area (TPSA) is 121 Å². The predicted molar refractivity (Wildman–Crippen MR) is 139 cm³/mol. The van der Waals surface area contributed by atoms with Crippen molar-refractivity contribution in [3.8, 4) is 17.1 Å². The molecule has 37 heavy (non-hydrogen) atoms. The zero-order valence-corrected chi connectivity index (χ0v) is 22.2. The van der Waals surface area contributed by atoms with Gasteiger partial charge in [0.1, 0.15) is 15.6 Å². The number of sulfone groups is 1. The van der Waals surface area contributed by atoms with Gasteiger partial charge in [0.2, 0.25) is 5.82 Å². The molecule has 1 aromatic carbocycles. The molecule has 5 rings (SSSR count). The number of aromatic nitrogens is 2. The van der Waals surface area contributed by atoms with Crippen molar-refractivity contribution in [2.45, 2.75) is 19.3 Å². The molecule has 12 heteroatoms. The highest BCUT2D eigenvalue weighted by Gasteiger charge is 2.30. The number of likely N-dealkylation sites (tertiary alicyclic amines) is 1. The molecule has 0 saturated carbocycles. The number of benzene rings is 1. The number of ether oxygens (including phenoxy) is 1. The second-order valence-corrected chi connectivity index (χ2v) is 12.6. The lowest BCUT2D eigenvalue weighted by Crippen LogP contribution is -2.52. The van der Waals surface area contributed by atoms with Crippen molar-refractivity contribution in [1.29, 1.82) is 0 Å². The van der Waals surface area contributed by atoms with Gasteiger partial charge in [-0.25, -0.2) is 13.2 Å². The number of amides is 2. The molecule has 3 saturated heterocycles. The quantitative estimate of drug-likeness (QED) is 0.568. The number of carbonyl (C=O) groups is 1. The van der Waals surface area contributed by atoms with Crippen LogP contribution >= 0.6 is 0 Å². The van der Waals surface area contributed by atoms with E-state index >= 15 is 0 Å². The van der Waals surface area contributed by atoms with Gasteiger partial charge < -0.3 is 29.3 Å². The minimum atomic E-state index is -2.81. The Bertz CT molecular complexity index is 1150. The highest BCUT2D eigenvalue weighted by molar-refractivity contribution is 7.91. The number of hydrogen-bond acceptors (Lipinski definition) is 9. The van der Waals surface area contributed by atoms with E-state index in [0.29, 0.717) is 67.9 Å². The number of methoxy groups -OCH3 is 1. The summed E-state index contributed by atoms with van der Waals surface area (Å²) in [6.45, 7) is 6.07. The van der Waals surface area contributed by atoms with E-state index in [2.05, 4.69) is 20.4 Å². The maximum atomic E-state index is 12.8. The van der Waals surface area contributed by atoms with Crippen LogP contribution in [0.25, 0.3) is 11.4 Å². The van der Waals surface area contributed by atoms with Crippen LogP contribution in [-0.4, -0.2) is 105 Å². The number of rotatable bonds is 7. The van der Waals surface area contributed by atoms with Crippen molar-refractivity contribution in [2.24, 2.45) is 11.8 Å². The van der Waals surface area contributed by atoms with Gasteiger partial charge in [-0.15, -0.1) is 0 Å². The Morgan fingerprint density at radius 1 is 1.05 bits per heavy atom. The van der Waals surface area contributed by atoms with Crippen molar-refractivity contribution in [2.75, 3.05) is 75.9 Å². The number of anilines is 1. The van der Waals surface area contributed by atoms with E-state index in [4.69, 9.17) is 9.26 Å². The SMILES string of the molecule is COc1ccc(-c2noc(N3CCN(C(=O)NCC4CCN(CC5CCS(=O)(=O)CC5)C4)CC3)n2)cc1. The molecule has 3 fully saturated rings. The van der Waals surface area contributed by atoms with Crippen LogP contribution in [0.3, 0.4) is 0 Å². The van der Waals surface area contributed by atoms with Crippen LogP contribution in [-0.2, 0) is 9.84 Å². The molecule has 0 aliphatic carbocycles. The molecule has 202 valence electrons. The van der Waals surface area contributed by atoms with Crippen LogP contribution in [0.2, 0.25) is 0 Å². The lowest BCUT2D eigenvalue weighted by molar-refractivity contribution is 0.190. The fourth-order valence-electron chi connectivity index (χ4n) is 5.38. The van der Waals surface area contributed by atoms with Gasteiger partial charge in [0, 0.05) is 51.4 Å². The average molecular weight is 533 g/mol. The largest absolute Gasteiger partial charge is 0.497 e. The average Bonchev–Trinajstić information content (AvgIpc) is 3.59. The lowest BCUT2D eigenvalue weighted by Gasteiger charge is -2.33. The van der Waals surface area contributed by atoms with Crippen LogP contribution in [0.5, 0.6) is 5.75 Å². The van der Waals surface area contributed by atoms with Crippen LogP contribution in [0.1, 0.15) is 19.3 Å². The van der Waals surface area contributed by atoms with E-state index < -0.39 is 9.84 Å². The number of urea groups is 1. The Labute approximate surface area is 218 Å². The van der Waals surface area contributed by atoms with Crippen molar-refractivity contribution >= 4 is 21.9 Å². The fraction of sp³-hybridized carbons (Fsp3) is 0.640. The molecule has 0 bridgehead atoms. The molecule has 0 radical (unpaired) electrons. The molecule has 2 aromatic rings. The first-order chi connectivity index (χ1) is 17.9. The van der Waals surface area contributed by atoms with Crippen LogP contribution in [0.15, 0.2) is 28.8 Å². The molecule has 4 heterocycles. The highest BCUT2D eigenvalue weighted by Crippen LogP contribution is 2.25. The van der Waals surface area contributed by atoms with E-state index in [1.807, 2.05) is 34.1 Å². The summed E-state index contributed by atoms with van der Waals surface area (Å²) in [6, 6.07) is 7.94. The molecule has 11 nitrogen and oxygen atoms in total. The fourth-order valence-corrected chi connectivity index (χ4v) is 6.97. The maximum Gasteiger partial charge on any atom is 0.324 e. The number of hydrogen-bond donors (Lipinski definition) is 1. The van der Waals surface area contributed by atoms with Crippen LogP contribution in [0.4, 0.5) is 10.8 Å². The van der Waals surface area contributed by atoms with Crippen molar-refractivity contribution in [1.82, 2.24) is 25.3 Å². The standard InChI is InChI=1S/C25H36N6O5S/c1-35-22-4-2-21(3-5-22)23-27-25(36-28-23)31-12-10-30(11-13-31)24(32)26-16-20-6-9-29(18-20)17-19-7-14-37(33,34)15-8-19/h2-5,19-20H,6-18H2,1H3,(H,26,32). The second kappa shape index (κ2) is 11.3. The summed E-state index contributed by atoms with van der Waals surface area (Å²) in [5.41, 5.74) is 0.853. The third kappa shape index (κ3) is 6.53. The van der Waals surface area contributed by atoms with E-state index in [0.717, 1.165) is 50.2 Å². The minimum Gasteiger partial charge on any atom is -0.497 e. The molecule has 3 aliphatic heterocycles. The van der Waals surface area contributed by atoms with Gasteiger partial charge in [-0.3, -0.25) is 0 Å². The third-order valence-electron chi connectivity index (χ3n) is 7.70. The van der Waals surface area contributed by atoms with E-state index in [9.17, 15) is 13.2 Å². The Balaban J connectivity index is 1.02. The summed E-state index contributed by atoms with van der Waals surface area (Å²) >= 11 is 0. The molecule has 2 amide bonds. The monoisotopic (exact) mass is 532 g/mol. The van der Waals surface area contributed by atoms with E-state index in [-0.39, 0.29) is 6.03 Å². The van der Waals surface area contributed by atoms with Crippen LogP contribution in [0, 0.1) is 11.8 Å². The summed E-state index contributed by atoms with van der Waals surface area (Å²) in [5, 5.41) is 7.22. The molecule has 0 spiro atoms. The van der Waals surface area contributed by atoms with E-state index in [1.54, 1.807) is 7.11 Å². The molecular weight excluding hydrogens is 496 g/mol. The van der Waals surface area contributed by atoms with Gasteiger partial charge in [-0.1, -0.05) is 5.16 Å². The summed E-state index contributed by atoms with van der Waals surface area (Å²) in [5.74, 6) is 2.86. The normalized spacial score (nSPS) is 22.8. The van der Waals surface area contributed by atoms with Gasteiger partial charge in [0.15, 0.2) is 0 Å². The van der Waals surface area contributed by atoms with Gasteiger partial charge in [-0.05, 0) is 61.9 Å². The van der Waals surface area contributed by atoms with E-state index in [1.165, 1.54) is 0 Å².